The molecule has 102 valence electrons. The van der Waals surface area contributed by atoms with E-state index in [1.165, 1.54) is 6.92 Å². The Kier molecular flexibility index (Phi) is 3.72. The van der Waals surface area contributed by atoms with Gasteiger partial charge in [-0.1, -0.05) is 41.9 Å². The zero-order valence-corrected chi connectivity index (χ0v) is 11.2. The summed E-state index contributed by atoms with van der Waals surface area (Å²) in [5.41, 5.74) is 0.475. The molecule has 2 rings (SSSR count). The molecular formula is C14H10ClNO4. The van der Waals surface area contributed by atoms with E-state index in [1.54, 1.807) is 24.3 Å². The second kappa shape index (κ2) is 5.30. The van der Waals surface area contributed by atoms with E-state index in [-0.39, 0.29) is 16.3 Å². The van der Waals surface area contributed by atoms with Crippen LogP contribution in [0.2, 0.25) is 5.15 Å². The molecule has 0 saturated heterocycles. The molecule has 0 aliphatic carbocycles. The Morgan fingerprint density at radius 1 is 1.05 bits per heavy atom. The van der Waals surface area contributed by atoms with E-state index >= 15 is 0 Å². The lowest BCUT2D eigenvalue weighted by Crippen LogP contribution is -2.13. The van der Waals surface area contributed by atoms with Crippen molar-refractivity contribution in [2.45, 2.75) is 6.92 Å². The molecule has 0 amide bonds. The lowest BCUT2D eigenvalue weighted by atomic mass is 9.98. The standard InChI is InChI=1S/C14H10ClNO4/c1-7-9(13(17)18)10(14(19)20)12(15)16-11(7)8-5-3-2-4-6-8/h2-6H,1H3,(H,17,18)(H,19,20). The average Bonchev–Trinajstić information content (AvgIpc) is 2.40. The van der Waals surface area contributed by atoms with Crippen LogP contribution in [0, 0.1) is 6.92 Å². The number of halogens is 1. The number of aromatic carboxylic acids is 2. The molecule has 2 aromatic rings. The molecule has 0 aliphatic rings. The first-order valence-electron chi connectivity index (χ1n) is 5.65. The summed E-state index contributed by atoms with van der Waals surface area (Å²) >= 11 is 5.84. The highest BCUT2D eigenvalue weighted by Gasteiger charge is 2.26. The molecule has 0 atom stereocenters. The summed E-state index contributed by atoms with van der Waals surface area (Å²) in [7, 11) is 0. The van der Waals surface area contributed by atoms with Gasteiger partial charge >= 0.3 is 11.9 Å². The molecule has 5 nitrogen and oxygen atoms in total. The van der Waals surface area contributed by atoms with Crippen LogP contribution in [0.5, 0.6) is 0 Å². The van der Waals surface area contributed by atoms with Crippen LogP contribution in [-0.2, 0) is 0 Å². The fourth-order valence-electron chi connectivity index (χ4n) is 1.99. The van der Waals surface area contributed by atoms with Crippen LogP contribution in [-0.4, -0.2) is 27.1 Å². The van der Waals surface area contributed by atoms with Crippen LogP contribution in [0.25, 0.3) is 11.3 Å². The SMILES string of the molecule is Cc1c(-c2ccccc2)nc(Cl)c(C(=O)O)c1C(=O)O. The van der Waals surface area contributed by atoms with Crippen molar-refractivity contribution in [3.05, 3.63) is 52.2 Å². The van der Waals surface area contributed by atoms with Gasteiger partial charge in [-0.15, -0.1) is 0 Å². The number of hydrogen-bond donors (Lipinski definition) is 2. The molecule has 20 heavy (non-hydrogen) atoms. The van der Waals surface area contributed by atoms with E-state index in [2.05, 4.69) is 4.98 Å². The molecule has 0 fully saturated rings. The largest absolute Gasteiger partial charge is 0.478 e. The minimum Gasteiger partial charge on any atom is -0.478 e. The molecule has 2 N–H and O–H groups in total. The lowest BCUT2D eigenvalue weighted by Gasteiger charge is -2.12. The number of nitrogens with zero attached hydrogens (tertiary/aromatic N) is 1. The monoisotopic (exact) mass is 291 g/mol. The molecule has 0 radical (unpaired) electrons. The molecule has 1 heterocycles. The number of rotatable bonds is 3. The van der Waals surface area contributed by atoms with E-state index in [4.69, 9.17) is 16.7 Å². The summed E-state index contributed by atoms with van der Waals surface area (Å²) in [6.45, 7) is 1.52. The fraction of sp³-hybridized carbons (Fsp3) is 0.0714. The van der Waals surface area contributed by atoms with Gasteiger partial charge in [-0.3, -0.25) is 0 Å². The fourth-order valence-corrected chi connectivity index (χ4v) is 2.25. The highest BCUT2D eigenvalue weighted by molar-refractivity contribution is 6.33. The van der Waals surface area contributed by atoms with Crippen LogP contribution in [0.4, 0.5) is 0 Å². The Morgan fingerprint density at radius 3 is 2.10 bits per heavy atom. The summed E-state index contributed by atoms with van der Waals surface area (Å²) in [5.74, 6) is -2.76. The second-order valence-electron chi connectivity index (χ2n) is 4.10. The predicted octanol–water partition coefficient (Wildman–Crippen LogP) is 3.11. The third-order valence-corrected chi connectivity index (χ3v) is 3.14. The Bertz CT molecular complexity index is 698. The van der Waals surface area contributed by atoms with Gasteiger partial charge in [0.2, 0.25) is 0 Å². The maximum absolute atomic E-state index is 11.3. The van der Waals surface area contributed by atoms with Crippen molar-refractivity contribution in [2.24, 2.45) is 0 Å². The molecular weight excluding hydrogens is 282 g/mol. The Balaban J connectivity index is 2.81. The van der Waals surface area contributed by atoms with Gasteiger partial charge in [0.1, 0.15) is 10.7 Å². The Labute approximate surface area is 119 Å². The van der Waals surface area contributed by atoms with Crippen molar-refractivity contribution in [1.29, 1.82) is 0 Å². The number of hydrogen-bond acceptors (Lipinski definition) is 3. The van der Waals surface area contributed by atoms with E-state index in [1.807, 2.05) is 6.07 Å². The van der Waals surface area contributed by atoms with Crippen molar-refractivity contribution in [3.8, 4) is 11.3 Å². The number of carboxylic acids is 2. The molecule has 0 aliphatic heterocycles. The molecule has 1 aromatic carbocycles. The Morgan fingerprint density at radius 2 is 1.60 bits per heavy atom. The van der Waals surface area contributed by atoms with Gasteiger partial charge in [-0.25, -0.2) is 14.6 Å². The first-order chi connectivity index (χ1) is 9.43. The molecule has 0 unspecified atom stereocenters. The molecule has 1 aromatic heterocycles. The summed E-state index contributed by atoms with van der Waals surface area (Å²) in [6, 6.07) is 8.85. The number of aromatic nitrogens is 1. The first kappa shape index (κ1) is 14.0. The van der Waals surface area contributed by atoms with E-state index in [0.717, 1.165) is 0 Å². The highest BCUT2D eigenvalue weighted by Crippen LogP contribution is 2.30. The van der Waals surface area contributed by atoms with Gasteiger partial charge in [-0.2, -0.15) is 0 Å². The van der Waals surface area contributed by atoms with Gasteiger partial charge in [-0.05, 0) is 12.5 Å². The smallest absolute Gasteiger partial charge is 0.339 e. The topological polar surface area (TPSA) is 87.5 Å². The summed E-state index contributed by atoms with van der Waals surface area (Å²) in [4.78, 5) is 26.5. The summed E-state index contributed by atoms with van der Waals surface area (Å²) in [6.07, 6.45) is 0. The van der Waals surface area contributed by atoms with Crippen LogP contribution < -0.4 is 0 Å². The van der Waals surface area contributed by atoms with Gasteiger partial charge in [0, 0.05) is 5.56 Å². The third kappa shape index (κ3) is 2.35. The number of carbonyl (C=O) groups is 2. The summed E-state index contributed by atoms with van der Waals surface area (Å²) in [5, 5.41) is 18.0. The molecule has 0 spiro atoms. The van der Waals surface area contributed by atoms with Crippen molar-refractivity contribution in [2.75, 3.05) is 0 Å². The maximum Gasteiger partial charge on any atom is 0.339 e. The van der Waals surface area contributed by atoms with Crippen LogP contribution in [0.1, 0.15) is 26.3 Å². The molecule has 0 saturated carbocycles. The Hall–Kier alpha value is -2.40. The van der Waals surface area contributed by atoms with Crippen LogP contribution in [0.3, 0.4) is 0 Å². The van der Waals surface area contributed by atoms with E-state index in [0.29, 0.717) is 11.3 Å². The first-order valence-corrected chi connectivity index (χ1v) is 6.03. The number of benzene rings is 1. The van der Waals surface area contributed by atoms with Crippen LogP contribution >= 0.6 is 11.6 Å². The van der Waals surface area contributed by atoms with E-state index in [9.17, 15) is 14.7 Å². The van der Waals surface area contributed by atoms with Crippen LogP contribution in [0.15, 0.2) is 30.3 Å². The van der Waals surface area contributed by atoms with Crippen molar-refractivity contribution in [1.82, 2.24) is 4.98 Å². The molecule has 6 heteroatoms. The average molecular weight is 292 g/mol. The number of carboxylic acid groups (broad SMARTS) is 2. The zero-order chi connectivity index (χ0) is 14.9. The number of pyridine rings is 1. The predicted molar refractivity (Wildman–Crippen MR) is 73.3 cm³/mol. The van der Waals surface area contributed by atoms with Crippen molar-refractivity contribution in [3.63, 3.8) is 0 Å². The highest BCUT2D eigenvalue weighted by atomic mass is 35.5. The van der Waals surface area contributed by atoms with Crippen molar-refractivity contribution >= 4 is 23.5 Å². The van der Waals surface area contributed by atoms with Gasteiger partial charge < -0.3 is 10.2 Å². The normalized spacial score (nSPS) is 10.3. The second-order valence-corrected chi connectivity index (χ2v) is 4.46. The lowest BCUT2D eigenvalue weighted by molar-refractivity contribution is 0.0650. The minimum absolute atomic E-state index is 0.269. The van der Waals surface area contributed by atoms with Gasteiger partial charge in [0.15, 0.2) is 0 Å². The maximum atomic E-state index is 11.3. The van der Waals surface area contributed by atoms with Gasteiger partial charge in [0.25, 0.3) is 0 Å². The third-order valence-electron chi connectivity index (χ3n) is 2.87. The van der Waals surface area contributed by atoms with Crippen molar-refractivity contribution < 1.29 is 19.8 Å². The quantitative estimate of drug-likeness (QED) is 0.848. The molecule has 0 bridgehead atoms. The summed E-state index contributed by atoms with van der Waals surface area (Å²) < 4.78 is 0. The van der Waals surface area contributed by atoms with E-state index < -0.39 is 17.5 Å². The minimum atomic E-state index is -1.41. The van der Waals surface area contributed by atoms with Gasteiger partial charge in [0.05, 0.1) is 11.3 Å². The zero-order valence-electron chi connectivity index (χ0n) is 10.4.